The summed E-state index contributed by atoms with van der Waals surface area (Å²) in [6.07, 6.45) is 0.324. The SMILES string of the molecule is COC(=O)[C@@H](Cc1cccc(OC)c1)NC(=O)Cc1ccc(F)cc1. The Bertz CT molecular complexity index is 730. The molecule has 0 saturated carbocycles. The molecule has 0 fully saturated rings. The molecular formula is C19H20FNO4. The van der Waals surface area contributed by atoms with E-state index in [2.05, 4.69) is 5.32 Å². The zero-order chi connectivity index (χ0) is 18.2. The maximum atomic E-state index is 12.9. The van der Waals surface area contributed by atoms with Gasteiger partial charge in [-0.2, -0.15) is 0 Å². The van der Waals surface area contributed by atoms with Crippen molar-refractivity contribution in [2.75, 3.05) is 14.2 Å². The maximum Gasteiger partial charge on any atom is 0.328 e. The molecule has 0 radical (unpaired) electrons. The summed E-state index contributed by atoms with van der Waals surface area (Å²) >= 11 is 0. The van der Waals surface area contributed by atoms with E-state index in [1.807, 2.05) is 12.1 Å². The van der Waals surface area contributed by atoms with Crippen LogP contribution >= 0.6 is 0 Å². The van der Waals surface area contributed by atoms with Gasteiger partial charge in [-0.1, -0.05) is 24.3 Å². The van der Waals surface area contributed by atoms with Crippen LogP contribution in [-0.4, -0.2) is 32.1 Å². The lowest BCUT2D eigenvalue weighted by atomic mass is 10.0. The molecule has 2 aromatic carbocycles. The summed E-state index contributed by atoms with van der Waals surface area (Å²) in [4.78, 5) is 24.2. The van der Waals surface area contributed by atoms with Crippen LogP contribution < -0.4 is 10.1 Å². The van der Waals surface area contributed by atoms with Crippen LogP contribution in [0.3, 0.4) is 0 Å². The first kappa shape index (κ1) is 18.4. The fourth-order valence-corrected chi connectivity index (χ4v) is 2.40. The van der Waals surface area contributed by atoms with Crippen LogP contribution in [0.1, 0.15) is 11.1 Å². The van der Waals surface area contributed by atoms with Gasteiger partial charge >= 0.3 is 5.97 Å². The topological polar surface area (TPSA) is 64.6 Å². The predicted octanol–water partition coefficient (Wildman–Crippen LogP) is 2.28. The summed E-state index contributed by atoms with van der Waals surface area (Å²) in [5.74, 6) is -0.575. The number of hydrogen-bond donors (Lipinski definition) is 1. The minimum absolute atomic E-state index is 0.0475. The molecule has 132 valence electrons. The molecule has 1 amide bonds. The summed E-state index contributed by atoms with van der Waals surface area (Å²) in [7, 11) is 2.83. The van der Waals surface area contributed by atoms with E-state index < -0.39 is 12.0 Å². The van der Waals surface area contributed by atoms with Gasteiger partial charge in [0.1, 0.15) is 17.6 Å². The Hall–Kier alpha value is -2.89. The quantitative estimate of drug-likeness (QED) is 0.782. The van der Waals surface area contributed by atoms with E-state index in [0.29, 0.717) is 11.3 Å². The monoisotopic (exact) mass is 345 g/mol. The Kier molecular flexibility index (Phi) is 6.51. The summed E-state index contributed by atoms with van der Waals surface area (Å²) < 4.78 is 22.9. The number of amides is 1. The van der Waals surface area contributed by atoms with Crippen molar-refractivity contribution in [1.29, 1.82) is 0 Å². The maximum absolute atomic E-state index is 12.9. The zero-order valence-corrected chi connectivity index (χ0v) is 14.1. The van der Waals surface area contributed by atoms with Crippen LogP contribution in [0.25, 0.3) is 0 Å². The smallest absolute Gasteiger partial charge is 0.328 e. The van der Waals surface area contributed by atoms with Crippen molar-refractivity contribution in [1.82, 2.24) is 5.32 Å². The third kappa shape index (κ3) is 5.60. The predicted molar refractivity (Wildman–Crippen MR) is 90.7 cm³/mol. The van der Waals surface area contributed by atoms with Crippen LogP contribution in [0.2, 0.25) is 0 Å². The Morgan fingerprint density at radius 3 is 2.44 bits per heavy atom. The van der Waals surface area contributed by atoms with Crippen molar-refractivity contribution in [3.05, 3.63) is 65.5 Å². The number of benzene rings is 2. The largest absolute Gasteiger partial charge is 0.497 e. The molecule has 0 bridgehead atoms. The Labute approximate surface area is 145 Å². The van der Waals surface area contributed by atoms with E-state index in [1.54, 1.807) is 19.2 Å². The second-order valence-corrected chi connectivity index (χ2v) is 5.50. The highest BCUT2D eigenvalue weighted by molar-refractivity contribution is 5.85. The van der Waals surface area contributed by atoms with Crippen LogP contribution in [0.4, 0.5) is 4.39 Å². The molecule has 5 nitrogen and oxygen atoms in total. The van der Waals surface area contributed by atoms with E-state index in [-0.39, 0.29) is 24.6 Å². The Morgan fingerprint density at radius 2 is 1.80 bits per heavy atom. The first-order valence-corrected chi connectivity index (χ1v) is 7.76. The molecule has 6 heteroatoms. The summed E-state index contributed by atoms with van der Waals surface area (Å²) in [5, 5.41) is 2.67. The van der Waals surface area contributed by atoms with E-state index in [0.717, 1.165) is 5.56 Å². The van der Waals surface area contributed by atoms with Crippen molar-refractivity contribution >= 4 is 11.9 Å². The molecule has 0 aliphatic heterocycles. The van der Waals surface area contributed by atoms with Gasteiger partial charge in [-0.15, -0.1) is 0 Å². The molecule has 0 spiro atoms. The highest BCUT2D eigenvalue weighted by Gasteiger charge is 2.22. The van der Waals surface area contributed by atoms with Gasteiger partial charge in [0.15, 0.2) is 0 Å². The standard InChI is InChI=1S/C19H20FNO4/c1-24-16-5-3-4-14(10-16)11-17(19(23)25-2)21-18(22)12-13-6-8-15(20)9-7-13/h3-10,17H,11-12H2,1-2H3,(H,21,22)/t17-/m1/s1. The Morgan fingerprint density at radius 1 is 1.08 bits per heavy atom. The third-order valence-corrected chi connectivity index (χ3v) is 3.67. The fourth-order valence-electron chi connectivity index (χ4n) is 2.40. The second-order valence-electron chi connectivity index (χ2n) is 5.50. The molecule has 25 heavy (non-hydrogen) atoms. The number of hydrogen-bond acceptors (Lipinski definition) is 4. The second kappa shape index (κ2) is 8.82. The number of esters is 1. The van der Waals surface area contributed by atoms with E-state index >= 15 is 0 Å². The Balaban J connectivity index is 2.05. The molecule has 2 rings (SSSR count). The molecule has 0 aliphatic rings. The molecule has 1 N–H and O–H groups in total. The molecule has 1 atom stereocenters. The number of nitrogens with one attached hydrogen (secondary N) is 1. The van der Waals surface area contributed by atoms with Gasteiger partial charge in [-0.05, 0) is 35.4 Å². The van der Waals surface area contributed by atoms with E-state index in [1.165, 1.54) is 31.4 Å². The molecule has 0 unspecified atom stereocenters. The molecular weight excluding hydrogens is 325 g/mol. The van der Waals surface area contributed by atoms with Crippen LogP contribution in [-0.2, 0) is 27.2 Å². The number of methoxy groups -OCH3 is 2. The summed E-state index contributed by atoms with van der Waals surface area (Å²) in [5.41, 5.74) is 1.49. The third-order valence-electron chi connectivity index (χ3n) is 3.67. The number of rotatable bonds is 7. The van der Waals surface area contributed by atoms with Crippen molar-refractivity contribution in [3.8, 4) is 5.75 Å². The van der Waals surface area contributed by atoms with Gasteiger partial charge in [0.25, 0.3) is 0 Å². The normalized spacial score (nSPS) is 11.5. The van der Waals surface area contributed by atoms with Crippen LogP contribution in [0.15, 0.2) is 48.5 Å². The highest BCUT2D eigenvalue weighted by Crippen LogP contribution is 2.14. The number of halogens is 1. The highest BCUT2D eigenvalue weighted by atomic mass is 19.1. The first-order valence-electron chi connectivity index (χ1n) is 7.76. The van der Waals surface area contributed by atoms with Crippen LogP contribution in [0, 0.1) is 5.82 Å². The van der Waals surface area contributed by atoms with Crippen molar-refractivity contribution in [2.24, 2.45) is 0 Å². The number of ether oxygens (including phenoxy) is 2. The fraction of sp³-hybridized carbons (Fsp3) is 0.263. The van der Waals surface area contributed by atoms with Gasteiger partial charge in [-0.3, -0.25) is 4.79 Å². The molecule has 0 aliphatic carbocycles. The first-order chi connectivity index (χ1) is 12.0. The molecule has 0 aromatic heterocycles. The van der Waals surface area contributed by atoms with Gasteiger partial charge in [0, 0.05) is 6.42 Å². The van der Waals surface area contributed by atoms with Gasteiger partial charge in [0.05, 0.1) is 20.6 Å². The van der Waals surface area contributed by atoms with Crippen molar-refractivity contribution < 1.29 is 23.5 Å². The molecule has 0 heterocycles. The number of carbonyl (C=O) groups excluding carboxylic acids is 2. The zero-order valence-electron chi connectivity index (χ0n) is 14.1. The lowest BCUT2D eigenvalue weighted by Crippen LogP contribution is -2.43. The average Bonchev–Trinajstić information content (AvgIpc) is 2.62. The summed E-state index contributed by atoms with van der Waals surface area (Å²) in [6, 6.07) is 12.1. The number of carbonyl (C=O) groups is 2. The lowest BCUT2D eigenvalue weighted by molar-refractivity contribution is -0.145. The molecule has 2 aromatic rings. The van der Waals surface area contributed by atoms with Gasteiger partial charge in [0.2, 0.25) is 5.91 Å². The minimum atomic E-state index is -0.815. The lowest BCUT2D eigenvalue weighted by Gasteiger charge is -2.17. The van der Waals surface area contributed by atoms with Crippen LogP contribution in [0.5, 0.6) is 5.75 Å². The molecule has 0 saturated heterocycles. The van der Waals surface area contributed by atoms with E-state index in [9.17, 15) is 14.0 Å². The van der Waals surface area contributed by atoms with Crippen molar-refractivity contribution in [2.45, 2.75) is 18.9 Å². The van der Waals surface area contributed by atoms with E-state index in [4.69, 9.17) is 9.47 Å². The average molecular weight is 345 g/mol. The van der Waals surface area contributed by atoms with Gasteiger partial charge in [-0.25, -0.2) is 9.18 Å². The summed E-state index contributed by atoms with van der Waals surface area (Å²) in [6.45, 7) is 0. The van der Waals surface area contributed by atoms with Gasteiger partial charge < -0.3 is 14.8 Å². The van der Waals surface area contributed by atoms with Crippen molar-refractivity contribution in [3.63, 3.8) is 0 Å². The minimum Gasteiger partial charge on any atom is -0.497 e.